The smallest absolute Gasteiger partial charge is 0.740 e. The SMILES string of the molecule is Cc1cc(NCCCNc2cc(C)nc([S-])n2)nc([S-])n1.[Na+].[Na+]. The molecule has 23 heavy (non-hydrogen) atoms. The summed E-state index contributed by atoms with van der Waals surface area (Å²) < 4.78 is 0. The van der Waals surface area contributed by atoms with Gasteiger partial charge in [0.05, 0.1) is 0 Å². The Balaban J connectivity index is 0.00000242. The van der Waals surface area contributed by atoms with Crippen molar-refractivity contribution in [3.8, 4) is 0 Å². The van der Waals surface area contributed by atoms with Gasteiger partial charge in [-0.05, 0) is 20.3 Å². The van der Waals surface area contributed by atoms with Crippen LogP contribution in [0.4, 0.5) is 11.6 Å². The molecule has 0 unspecified atom stereocenters. The fourth-order valence-electron chi connectivity index (χ4n) is 1.79. The summed E-state index contributed by atoms with van der Waals surface area (Å²) in [6, 6.07) is 3.75. The van der Waals surface area contributed by atoms with Gasteiger partial charge in [-0.1, -0.05) is 0 Å². The predicted octanol–water partition coefficient (Wildman–Crippen LogP) is -4.38. The molecule has 2 rings (SSSR count). The van der Waals surface area contributed by atoms with Crippen molar-refractivity contribution in [1.82, 2.24) is 19.9 Å². The molecule has 0 aliphatic heterocycles. The van der Waals surface area contributed by atoms with Crippen LogP contribution in [0.2, 0.25) is 0 Å². The second-order valence-electron chi connectivity index (χ2n) is 4.56. The maximum Gasteiger partial charge on any atom is 1.00 e. The molecule has 0 bridgehead atoms. The van der Waals surface area contributed by atoms with Crippen LogP contribution >= 0.6 is 0 Å². The summed E-state index contributed by atoms with van der Waals surface area (Å²) in [4.78, 5) is 16.4. The van der Waals surface area contributed by atoms with Crippen LogP contribution in [0.15, 0.2) is 22.4 Å². The second kappa shape index (κ2) is 11.7. The van der Waals surface area contributed by atoms with Crippen molar-refractivity contribution in [2.24, 2.45) is 0 Å². The van der Waals surface area contributed by atoms with Crippen LogP contribution < -0.4 is 69.7 Å². The second-order valence-corrected chi connectivity index (χ2v) is 5.29. The van der Waals surface area contributed by atoms with Gasteiger partial charge in [0.1, 0.15) is 11.6 Å². The van der Waals surface area contributed by atoms with E-state index in [1.807, 2.05) is 26.0 Å². The Morgan fingerprint density at radius 1 is 0.783 bits per heavy atom. The number of aromatic nitrogens is 4. The van der Waals surface area contributed by atoms with Gasteiger partial charge in [-0.2, -0.15) is 0 Å². The van der Waals surface area contributed by atoms with Crippen molar-refractivity contribution in [3.05, 3.63) is 23.5 Å². The van der Waals surface area contributed by atoms with E-state index < -0.39 is 0 Å². The van der Waals surface area contributed by atoms with E-state index in [-0.39, 0.29) is 59.1 Å². The van der Waals surface area contributed by atoms with Gasteiger partial charge in [-0.25, -0.2) is 9.97 Å². The zero-order valence-corrected chi connectivity index (χ0v) is 19.5. The summed E-state index contributed by atoms with van der Waals surface area (Å²) in [7, 11) is 0. The number of rotatable bonds is 6. The minimum Gasteiger partial charge on any atom is -0.740 e. The Hall–Kier alpha value is 0.200. The minimum absolute atomic E-state index is 0. The number of anilines is 2. The molecule has 0 saturated heterocycles. The Morgan fingerprint density at radius 3 is 1.52 bits per heavy atom. The molecule has 0 fully saturated rings. The Kier molecular flexibility index (Phi) is 11.8. The molecule has 112 valence electrons. The van der Waals surface area contributed by atoms with Crippen LogP contribution in [-0.4, -0.2) is 33.0 Å². The van der Waals surface area contributed by atoms with Gasteiger partial charge in [0.25, 0.3) is 0 Å². The molecule has 2 heterocycles. The molecule has 2 N–H and O–H groups in total. The first-order chi connectivity index (χ1) is 10.0. The zero-order valence-electron chi connectivity index (χ0n) is 13.9. The minimum atomic E-state index is 0. The van der Waals surface area contributed by atoms with Crippen molar-refractivity contribution in [2.45, 2.75) is 30.6 Å². The molecule has 2 aromatic heterocycles. The van der Waals surface area contributed by atoms with Crippen LogP contribution in [0.25, 0.3) is 0 Å². The number of nitrogens with one attached hydrogen (secondary N) is 2. The third kappa shape index (κ3) is 8.74. The maximum atomic E-state index is 4.98. The van der Waals surface area contributed by atoms with E-state index in [0.29, 0.717) is 10.3 Å². The molecular weight excluding hydrogens is 350 g/mol. The molecule has 0 aliphatic carbocycles. The van der Waals surface area contributed by atoms with Crippen molar-refractivity contribution >= 4 is 36.9 Å². The number of aryl methyl sites for hydroxylation is 2. The molecule has 2 aromatic rings. The molecular formula is C13H16N6Na2S2. The van der Waals surface area contributed by atoms with Crippen molar-refractivity contribution < 1.29 is 59.1 Å². The van der Waals surface area contributed by atoms with E-state index in [4.69, 9.17) is 25.3 Å². The quantitative estimate of drug-likeness (QED) is 0.230. The molecule has 0 radical (unpaired) electrons. The van der Waals surface area contributed by atoms with Crippen LogP contribution in [0.5, 0.6) is 0 Å². The van der Waals surface area contributed by atoms with Gasteiger partial charge < -0.3 is 35.9 Å². The Labute approximate surface area is 191 Å². The van der Waals surface area contributed by atoms with Gasteiger partial charge in [0.2, 0.25) is 0 Å². The standard InChI is InChI=1S/C13H18N6S2.2Na/c1-8-6-10(18-12(20)16-8)14-4-3-5-15-11-7-9(2)17-13(21)19-11;;/h6-7H,3-5H2,1-2H3,(H2,14,16,18,20)(H2,15,17,19,21);;/q;2*+1/p-2. The molecule has 10 heteroatoms. The summed E-state index contributed by atoms with van der Waals surface area (Å²) in [5.74, 6) is 1.52. The van der Waals surface area contributed by atoms with Crippen LogP contribution in [0.1, 0.15) is 17.8 Å². The molecule has 0 atom stereocenters. The molecule has 0 aromatic carbocycles. The average molecular weight is 366 g/mol. The predicted molar refractivity (Wildman–Crippen MR) is 86.4 cm³/mol. The summed E-state index contributed by atoms with van der Waals surface area (Å²) in [6.07, 6.45) is 0.908. The van der Waals surface area contributed by atoms with E-state index in [0.717, 1.165) is 42.5 Å². The maximum absolute atomic E-state index is 4.98. The summed E-state index contributed by atoms with van der Waals surface area (Å²) in [5.41, 5.74) is 1.73. The van der Waals surface area contributed by atoms with Crippen molar-refractivity contribution in [1.29, 1.82) is 0 Å². The van der Waals surface area contributed by atoms with Crippen molar-refractivity contribution in [2.75, 3.05) is 23.7 Å². The third-order valence-corrected chi connectivity index (χ3v) is 3.00. The zero-order chi connectivity index (χ0) is 15.2. The monoisotopic (exact) mass is 366 g/mol. The molecule has 0 saturated carbocycles. The average Bonchev–Trinajstić information content (AvgIpc) is 2.36. The molecule has 0 amide bonds. The molecule has 0 aliphatic rings. The number of hydrogen-bond donors (Lipinski definition) is 2. The van der Waals surface area contributed by atoms with Gasteiger partial charge in [0.15, 0.2) is 0 Å². The Bertz CT molecular complexity index is 535. The first-order valence-corrected chi connectivity index (χ1v) is 7.38. The third-order valence-electron chi connectivity index (χ3n) is 2.63. The number of hydrogen-bond acceptors (Lipinski definition) is 8. The summed E-state index contributed by atoms with van der Waals surface area (Å²) >= 11 is 9.96. The normalized spacial score (nSPS) is 9.48. The molecule has 0 spiro atoms. The summed E-state index contributed by atoms with van der Waals surface area (Å²) in [5, 5.41) is 7.18. The Morgan fingerprint density at radius 2 is 1.17 bits per heavy atom. The van der Waals surface area contributed by atoms with E-state index in [1.54, 1.807) is 0 Å². The first kappa shape index (κ1) is 23.2. The van der Waals surface area contributed by atoms with Crippen LogP contribution in [-0.2, 0) is 25.3 Å². The summed E-state index contributed by atoms with van der Waals surface area (Å²) in [6.45, 7) is 5.36. The van der Waals surface area contributed by atoms with E-state index in [2.05, 4.69) is 30.6 Å². The fraction of sp³-hybridized carbons (Fsp3) is 0.385. The van der Waals surface area contributed by atoms with E-state index in [1.165, 1.54) is 0 Å². The number of nitrogens with zero attached hydrogens (tertiary/aromatic N) is 4. The topological polar surface area (TPSA) is 75.6 Å². The van der Waals surface area contributed by atoms with Gasteiger partial charge in [-0.15, -0.1) is 0 Å². The largest absolute Gasteiger partial charge is 1.00 e. The van der Waals surface area contributed by atoms with E-state index in [9.17, 15) is 0 Å². The first-order valence-electron chi connectivity index (χ1n) is 6.56. The van der Waals surface area contributed by atoms with Crippen LogP contribution in [0, 0.1) is 13.8 Å². The molecule has 6 nitrogen and oxygen atoms in total. The van der Waals surface area contributed by atoms with Crippen LogP contribution in [0.3, 0.4) is 0 Å². The van der Waals surface area contributed by atoms with Crippen molar-refractivity contribution in [3.63, 3.8) is 0 Å². The van der Waals surface area contributed by atoms with Gasteiger partial charge >= 0.3 is 59.1 Å². The van der Waals surface area contributed by atoms with E-state index >= 15 is 0 Å². The fourth-order valence-corrected chi connectivity index (χ4v) is 2.27. The van der Waals surface area contributed by atoms with Gasteiger partial charge in [-0.3, -0.25) is 9.97 Å². The van der Waals surface area contributed by atoms with Gasteiger partial charge in [0, 0.05) is 46.9 Å².